The van der Waals surface area contributed by atoms with Crippen molar-refractivity contribution in [2.45, 2.75) is 58.4 Å². The Morgan fingerprint density at radius 2 is 1.62 bits per heavy atom. The molecule has 0 aromatic heterocycles. The molecule has 0 aliphatic carbocycles. The van der Waals surface area contributed by atoms with E-state index in [0.717, 1.165) is 23.1 Å². The molecule has 2 rings (SSSR count). The lowest BCUT2D eigenvalue weighted by Gasteiger charge is -2.41. The number of primary amides is 1. The highest BCUT2D eigenvalue weighted by molar-refractivity contribution is 5.85. The molecule has 0 aliphatic heterocycles. The summed E-state index contributed by atoms with van der Waals surface area (Å²) in [5, 5.41) is 10.7. The van der Waals surface area contributed by atoms with E-state index in [9.17, 15) is 9.90 Å². The van der Waals surface area contributed by atoms with Crippen molar-refractivity contribution in [3.8, 4) is 5.75 Å². The minimum Gasteiger partial charge on any atom is -0.508 e. The van der Waals surface area contributed by atoms with Crippen molar-refractivity contribution in [1.29, 1.82) is 0 Å². The number of phenolic OH excluding ortho intramolecular Hbond substituents is 1. The van der Waals surface area contributed by atoms with E-state index in [1.165, 1.54) is 0 Å². The van der Waals surface area contributed by atoms with Gasteiger partial charge < -0.3 is 16.6 Å². The summed E-state index contributed by atoms with van der Waals surface area (Å²) in [6.07, 6.45) is 1.57. The highest BCUT2D eigenvalue weighted by Gasteiger charge is 2.36. The number of carbonyl (C=O) groups is 1. The molecule has 1 amide bonds. The number of aromatic hydroxyl groups is 1. The van der Waals surface area contributed by atoms with Gasteiger partial charge in [0.1, 0.15) is 5.75 Å². The number of rotatable bonds is 9. The maximum atomic E-state index is 11.2. The summed E-state index contributed by atoms with van der Waals surface area (Å²) in [6.45, 7) is 8.63. The summed E-state index contributed by atoms with van der Waals surface area (Å²) in [5.41, 5.74) is 14.8. The summed E-state index contributed by atoms with van der Waals surface area (Å²) in [7, 11) is 0. The fraction of sp³-hybridized carbons (Fsp3) is 0.458. The standard InChI is InChI=1S/C24H34N2O2.ClH/c1-16(2)24(26,17(3)4)15-21(19-8-6-5-7-9-19)20-14-18(10-12-22(20)27)11-13-23(25)28;/h5-10,12,14,16-17,21,27H,11,13,15,26H2,1-4H3,(H2,25,28);1H. The second kappa shape index (κ2) is 10.7. The molecular weight excluding hydrogens is 384 g/mol. The van der Waals surface area contributed by atoms with Gasteiger partial charge in [0.05, 0.1) is 0 Å². The molecule has 0 heterocycles. The van der Waals surface area contributed by atoms with Crippen molar-refractivity contribution in [3.63, 3.8) is 0 Å². The summed E-state index contributed by atoms with van der Waals surface area (Å²) in [4.78, 5) is 11.2. The fourth-order valence-corrected chi connectivity index (χ4v) is 3.89. The van der Waals surface area contributed by atoms with E-state index in [4.69, 9.17) is 11.5 Å². The van der Waals surface area contributed by atoms with Crippen LogP contribution in [0.3, 0.4) is 0 Å². The molecular formula is C24H35ClN2O2. The van der Waals surface area contributed by atoms with Crippen LogP contribution in [0, 0.1) is 11.8 Å². The molecule has 0 fully saturated rings. The minimum atomic E-state index is -0.379. The molecule has 160 valence electrons. The van der Waals surface area contributed by atoms with Crippen LogP contribution >= 0.6 is 12.4 Å². The first-order chi connectivity index (χ1) is 13.1. The molecule has 0 radical (unpaired) electrons. The Labute approximate surface area is 181 Å². The van der Waals surface area contributed by atoms with Gasteiger partial charge in [-0.05, 0) is 41.9 Å². The van der Waals surface area contributed by atoms with Gasteiger partial charge in [0.15, 0.2) is 0 Å². The zero-order chi connectivity index (χ0) is 20.9. The first-order valence-electron chi connectivity index (χ1n) is 10.1. The van der Waals surface area contributed by atoms with Crippen molar-refractivity contribution in [1.82, 2.24) is 0 Å². The lowest BCUT2D eigenvalue weighted by atomic mass is 9.69. The second-order valence-corrected chi connectivity index (χ2v) is 8.45. The Balaban J connectivity index is 0.00000420. The van der Waals surface area contributed by atoms with Crippen LogP contribution in [0.25, 0.3) is 0 Å². The van der Waals surface area contributed by atoms with Crippen LogP contribution in [0.5, 0.6) is 5.75 Å². The van der Waals surface area contributed by atoms with Gasteiger partial charge in [0.2, 0.25) is 5.91 Å². The third-order valence-corrected chi connectivity index (χ3v) is 6.04. The van der Waals surface area contributed by atoms with E-state index >= 15 is 0 Å². The summed E-state index contributed by atoms with van der Waals surface area (Å²) < 4.78 is 0. The monoisotopic (exact) mass is 418 g/mol. The van der Waals surface area contributed by atoms with Gasteiger partial charge in [-0.2, -0.15) is 0 Å². The van der Waals surface area contributed by atoms with E-state index < -0.39 is 0 Å². The fourth-order valence-electron chi connectivity index (χ4n) is 3.89. The van der Waals surface area contributed by atoms with Crippen molar-refractivity contribution < 1.29 is 9.90 Å². The molecule has 0 aliphatic rings. The Hall–Kier alpha value is -2.04. The highest BCUT2D eigenvalue weighted by Crippen LogP contribution is 2.41. The lowest BCUT2D eigenvalue weighted by molar-refractivity contribution is -0.117. The predicted octanol–water partition coefficient (Wildman–Crippen LogP) is 4.76. The average molecular weight is 419 g/mol. The van der Waals surface area contributed by atoms with Gasteiger partial charge >= 0.3 is 0 Å². The first kappa shape index (κ1) is 25.0. The molecule has 1 atom stereocenters. The van der Waals surface area contributed by atoms with Gasteiger partial charge in [0, 0.05) is 23.4 Å². The van der Waals surface area contributed by atoms with E-state index in [1.807, 2.05) is 30.3 Å². The van der Waals surface area contributed by atoms with Crippen LogP contribution in [0.1, 0.15) is 63.1 Å². The van der Waals surface area contributed by atoms with Crippen molar-refractivity contribution in [2.24, 2.45) is 23.3 Å². The van der Waals surface area contributed by atoms with Crippen molar-refractivity contribution in [2.75, 3.05) is 0 Å². The van der Waals surface area contributed by atoms with Crippen LogP contribution in [0.15, 0.2) is 48.5 Å². The number of carbonyl (C=O) groups excluding carboxylic acids is 1. The number of amides is 1. The molecule has 0 saturated carbocycles. The second-order valence-electron chi connectivity index (χ2n) is 8.45. The molecule has 2 aromatic carbocycles. The first-order valence-corrected chi connectivity index (χ1v) is 10.1. The Kier molecular flexibility index (Phi) is 9.18. The molecule has 5 heteroatoms. The molecule has 1 unspecified atom stereocenters. The van der Waals surface area contributed by atoms with Crippen LogP contribution in [0.2, 0.25) is 0 Å². The Morgan fingerprint density at radius 3 is 2.14 bits per heavy atom. The lowest BCUT2D eigenvalue weighted by Crippen LogP contribution is -2.51. The van der Waals surface area contributed by atoms with Crippen molar-refractivity contribution >= 4 is 18.3 Å². The molecule has 29 heavy (non-hydrogen) atoms. The quantitative estimate of drug-likeness (QED) is 0.548. The zero-order valence-corrected chi connectivity index (χ0v) is 18.7. The Morgan fingerprint density at radius 1 is 1.03 bits per heavy atom. The molecule has 2 aromatic rings. The molecule has 5 N–H and O–H groups in total. The molecule has 0 bridgehead atoms. The van der Waals surface area contributed by atoms with Crippen LogP contribution in [-0.2, 0) is 11.2 Å². The van der Waals surface area contributed by atoms with E-state index in [0.29, 0.717) is 24.7 Å². The van der Waals surface area contributed by atoms with Crippen LogP contribution in [0.4, 0.5) is 0 Å². The van der Waals surface area contributed by atoms with Crippen molar-refractivity contribution in [3.05, 3.63) is 65.2 Å². The molecule has 0 spiro atoms. The van der Waals surface area contributed by atoms with Gasteiger partial charge in [0.25, 0.3) is 0 Å². The summed E-state index contributed by atoms with van der Waals surface area (Å²) in [6, 6.07) is 15.7. The van der Waals surface area contributed by atoms with E-state index in [-0.39, 0.29) is 35.5 Å². The predicted molar refractivity (Wildman–Crippen MR) is 122 cm³/mol. The number of hydrogen-bond acceptors (Lipinski definition) is 3. The minimum absolute atomic E-state index is 0. The van der Waals surface area contributed by atoms with E-state index in [2.05, 4.69) is 39.8 Å². The average Bonchev–Trinajstić information content (AvgIpc) is 2.65. The molecule has 0 saturated heterocycles. The largest absolute Gasteiger partial charge is 0.508 e. The normalized spacial score (nSPS) is 12.7. The molecule has 4 nitrogen and oxygen atoms in total. The van der Waals surface area contributed by atoms with E-state index in [1.54, 1.807) is 6.07 Å². The summed E-state index contributed by atoms with van der Waals surface area (Å²) >= 11 is 0. The maximum absolute atomic E-state index is 11.2. The smallest absolute Gasteiger partial charge is 0.217 e. The van der Waals surface area contributed by atoms with Crippen LogP contribution in [-0.4, -0.2) is 16.6 Å². The zero-order valence-electron chi connectivity index (χ0n) is 17.9. The number of aryl methyl sites for hydroxylation is 1. The van der Waals surface area contributed by atoms with Gasteiger partial charge in [-0.3, -0.25) is 4.79 Å². The summed E-state index contributed by atoms with van der Waals surface area (Å²) in [5.74, 6) is 0.476. The third-order valence-electron chi connectivity index (χ3n) is 6.04. The van der Waals surface area contributed by atoms with Gasteiger partial charge in [-0.1, -0.05) is 70.2 Å². The SMILES string of the molecule is CC(C)C(N)(CC(c1ccccc1)c1cc(CCC(N)=O)ccc1O)C(C)C.Cl. The van der Waals surface area contributed by atoms with Gasteiger partial charge in [-0.25, -0.2) is 0 Å². The number of phenols is 1. The van der Waals surface area contributed by atoms with Crippen LogP contribution < -0.4 is 11.5 Å². The highest BCUT2D eigenvalue weighted by atomic mass is 35.5. The Bertz CT molecular complexity index is 783. The number of hydrogen-bond donors (Lipinski definition) is 3. The maximum Gasteiger partial charge on any atom is 0.217 e. The number of halogens is 1. The topological polar surface area (TPSA) is 89.3 Å². The van der Waals surface area contributed by atoms with Gasteiger partial charge in [-0.15, -0.1) is 12.4 Å². The number of nitrogens with two attached hydrogens (primary N) is 2. The number of benzene rings is 2. The third kappa shape index (κ3) is 6.22.